The molecule has 1 heterocycles. The van der Waals surface area contributed by atoms with E-state index in [-0.39, 0.29) is 5.60 Å². The molecule has 0 aromatic rings. The van der Waals surface area contributed by atoms with Gasteiger partial charge in [-0.2, -0.15) is 0 Å². The molecule has 0 aromatic heterocycles. The third-order valence-corrected chi connectivity index (χ3v) is 3.90. The van der Waals surface area contributed by atoms with Crippen molar-refractivity contribution < 1.29 is 4.74 Å². The number of methoxy groups -OCH3 is 1. The minimum absolute atomic E-state index is 0.0441. The van der Waals surface area contributed by atoms with Gasteiger partial charge in [-0.1, -0.05) is 6.58 Å². The fourth-order valence-electron chi connectivity index (χ4n) is 2.56. The van der Waals surface area contributed by atoms with E-state index in [0.29, 0.717) is 0 Å². The van der Waals surface area contributed by atoms with Crippen molar-refractivity contribution in [3.8, 4) is 0 Å². The maximum absolute atomic E-state index is 5.61. The first-order valence-corrected chi connectivity index (χ1v) is 6.79. The summed E-state index contributed by atoms with van der Waals surface area (Å²) in [6, 6.07) is 0.775. The normalized spacial score (nSPS) is 30.5. The van der Waals surface area contributed by atoms with Gasteiger partial charge in [-0.25, -0.2) is 0 Å². The smallest absolute Gasteiger partial charge is 0.0777 e. The summed E-state index contributed by atoms with van der Waals surface area (Å²) in [5.41, 5.74) is 1.35. The van der Waals surface area contributed by atoms with Gasteiger partial charge in [0.15, 0.2) is 0 Å². The molecule has 1 aliphatic heterocycles. The van der Waals surface area contributed by atoms with Gasteiger partial charge in [0, 0.05) is 32.8 Å². The van der Waals surface area contributed by atoms with Crippen LogP contribution in [0.5, 0.6) is 0 Å². The number of nitrogens with one attached hydrogen (secondary N) is 1. The Bertz CT molecular complexity index is 275. The molecule has 1 aliphatic carbocycles. The van der Waals surface area contributed by atoms with E-state index in [1.165, 1.54) is 37.8 Å². The summed E-state index contributed by atoms with van der Waals surface area (Å²) in [6.45, 7) is 10.6. The zero-order valence-electron chi connectivity index (χ0n) is 11.3. The van der Waals surface area contributed by atoms with Gasteiger partial charge in [0.1, 0.15) is 0 Å². The van der Waals surface area contributed by atoms with E-state index in [2.05, 4.69) is 23.7 Å². The molecule has 1 atom stereocenters. The Labute approximate surface area is 105 Å². The standard InChI is InChI=1S/C14H26N2O/c1-12(9-15-13-5-6-13)10-16-8-4-7-14(2,11-16)17-3/h13,15H,1,4-11H2,2-3H3. The third kappa shape index (κ3) is 4.09. The van der Waals surface area contributed by atoms with Gasteiger partial charge in [-0.3, -0.25) is 4.90 Å². The van der Waals surface area contributed by atoms with Crippen LogP contribution in [0.1, 0.15) is 32.6 Å². The Morgan fingerprint density at radius 3 is 2.94 bits per heavy atom. The van der Waals surface area contributed by atoms with Crippen LogP contribution in [-0.4, -0.2) is 49.8 Å². The molecule has 0 radical (unpaired) electrons. The predicted octanol–water partition coefficient (Wildman–Crippen LogP) is 1.80. The first kappa shape index (κ1) is 13.1. The number of likely N-dealkylation sites (tertiary alicyclic amines) is 1. The number of rotatable bonds is 6. The molecule has 1 saturated carbocycles. The highest BCUT2D eigenvalue weighted by molar-refractivity contribution is 5.03. The lowest BCUT2D eigenvalue weighted by Crippen LogP contribution is -2.48. The van der Waals surface area contributed by atoms with Crippen LogP contribution in [0.2, 0.25) is 0 Å². The second-order valence-electron chi connectivity index (χ2n) is 5.87. The summed E-state index contributed by atoms with van der Waals surface area (Å²) < 4.78 is 5.61. The van der Waals surface area contributed by atoms with Crippen molar-refractivity contribution >= 4 is 0 Å². The average Bonchev–Trinajstić information content (AvgIpc) is 3.10. The van der Waals surface area contributed by atoms with Crippen LogP contribution in [0.25, 0.3) is 0 Å². The summed E-state index contributed by atoms with van der Waals surface area (Å²) in [6.07, 6.45) is 5.10. The molecule has 17 heavy (non-hydrogen) atoms. The SMILES string of the molecule is C=C(CNC1CC1)CN1CCCC(C)(OC)C1. The highest BCUT2D eigenvalue weighted by Crippen LogP contribution is 2.24. The van der Waals surface area contributed by atoms with Crippen LogP contribution >= 0.6 is 0 Å². The molecule has 0 spiro atoms. The van der Waals surface area contributed by atoms with Crippen LogP contribution in [0, 0.1) is 0 Å². The van der Waals surface area contributed by atoms with E-state index >= 15 is 0 Å². The Balaban J connectivity index is 1.71. The fraction of sp³-hybridized carbons (Fsp3) is 0.857. The molecule has 2 fully saturated rings. The molecule has 0 aromatic carbocycles. The molecule has 0 bridgehead atoms. The van der Waals surface area contributed by atoms with Gasteiger partial charge >= 0.3 is 0 Å². The monoisotopic (exact) mass is 238 g/mol. The van der Waals surface area contributed by atoms with Gasteiger partial charge in [0.05, 0.1) is 5.60 Å². The van der Waals surface area contributed by atoms with Crippen molar-refractivity contribution in [3.63, 3.8) is 0 Å². The highest BCUT2D eigenvalue weighted by atomic mass is 16.5. The van der Waals surface area contributed by atoms with Crippen molar-refractivity contribution in [1.82, 2.24) is 10.2 Å². The van der Waals surface area contributed by atoms with Gasteiger partial charge in [-0.15, -0.1) is 0 Å². The Morgan fingerprint density at radius 1 is 1.53 bits per heavy atom. The summed E-state index contributed by atoms with van der Waals surface area (Å²) in [5, 5.41) is 3.52. The maximum atomic E-state index is 5.61. The number of hydrogen-bond acceptors (Lipinski definition) is 3. The summed E-state index contributed by atoms with van der Waals surface area (Å²) in [7, 11) is 1.83. The number of nitrogens with zero attached hydrogens (tertiary/aromatic N) is 1. The molecule has 1 saturated heterocycles. The molecule has 0 amide bonds. The summed E-state index contributed by atoms with van der Waals surface area (Å²) in [4.78, 5) is 2.48. The molecule has 3 nitrogen and oxygen atoms in total. The van der Waals surface area contributed by atoms with Crippen LogP contribution in [0.15, 0.2) is 12.2 Å². The number of ether oxygens (including phenoxy) is 1. The van der Waals surface area contributed by atoms with Crippen molar-refractivity contribution in [2.24, 2.45) is 0 Å². The van der Waals surface area contributed by atoms with Gasteiger partial charge in [0.2, 0.25) is 0 Å². The molecule has 3 heteroatoms. The van der Waals surface area contributed by atoms with Crippen molar-refractivity contribution in [3.05, 3.63) is 12.2 Å². The third-order valence-electron chi connectivity index (χ3n) is 3.90. The van der Waals surface area contributed by atoms with Gasteiger partial charge in [-0.05, 0) is 44.7 Å². The number of piperidine rings is 1. The Hall–Kier alpha value is -0.380. The largest absolute Gasteiger partial charge is 0.377 e. The summed E-state index contributed by atoms with van der Waals surface area (Å²) in [5.74, 6) is 0. The van der Waals surface area contributed by atoms with E-state index in [1.807, 2.05) is 7.11 Å². The van der Waals surface area contributed by atoms with Crippen LogP contribution in [-0.2, 0) is 4.74 Å². The average molecular weight is 238 g/mol. The van der Waals surface area contributed by atoms with Crippen LogP contribution < -0.4 is 5.32 Å². The summed E-state index contributed by atoms with van der Waals surface area (Å²) >= 11 is 0. The molecular formula is C14H26N2O. The van der Waals surface area contributed by atoms with E-state index < -0.39 is 0 Å². The topological polar surface area (TPSA) is 24.5 Å². The lowest BCUT2D eigenvalue weighted by Gasteiger charge is -2.39. The minimum Gasteiger partial charge on any atom is -0.377 e. The van der Waals surface area contributed by atoms with Crippen molar-refractivity contribution in [2.45, 2.75) is 44.2 Å². The van der Waals surface area contributed by atoms with Gasteiger partial charge in [0.25, 0.3) is 0 Å². The van der Waals surface area contributed by atoms with E-state index in [4.69, 9.17) is 4.74 Å². The van der Waals surface area contributed by atoms with E-state index in [0.717, 1.165) is 25.7 Å². The Kier molecular flexibility index (Phi) is 4.23. The van der Waals surface area contributed by atoms with E-state index in [9.17, 15) is 0 Å². The zero-order valence-corrected chi connectivity index (χ0v) is 11.3. The fourth-order valence-corrected chi connectivity index (χ4v) is 2.56. The Morgan fingerprint density at radius 2 is 2.29 bits per heavy atom. The molecule has 1 unspecified atom stereocenters. The highest BCUT2D eigenvalue weighted by Gasteiger charge is 2.30. The van der Waals surface area contributed by atoms with Gasteiger partial charge < -0.3 is 10.1 Å². The van der Waals surface area contributed by atoms with Crippen LogP contribution in [0.4, 0.5) is 0 Å². The first-order valence-electron chi connectivity index (χ1n) is 6.79. The molecule has 2 aliphatic rings. The number of hydrogen-bond donors (Lipinski definition) is 1. The van der Waals surface area contributed by atoms with Crippen molar-refractivity contribution in [1.29, 1.82) is 0 Å². The second kappa shape index (κ2) is 5.51. The molecule has 98 valence electrons. The molecule has 1 N–H and O–H groups in total. The zero-order chi connectivity index (χ0) is 12.3. The minimum atomic E-state index is 0.0441. The second-order valence-corrected chi connectivity index (χ2v) is 5.87. The molecular weight excluding hydrogens is 212 g/mol. The maximum Gasteiger partial charge on any atom is 0.0777 e. The molecule has 2 rings (SSSR count). The lowest BCUT2D eigenvalue weighted by molar-refractivity contribution is -0.0484. The lowest BCUT2D eigenvalue weighted by atomic mass is 9.94. The van der Waals surface area contributed by atoms with Crippen LogP contribution in [0.3, 0.4) is 0 Å². The predicted molar refractivity (Wildman–Crippen MR) is 71.3 cm³/mol. The van der Waals surface area contributed by atoms with Crippen molar-refractivity contribution in [2.75, 3.05) is 33.3 Å². The first-order chi connectivity index (χ1) is 8.11. The quantitative estimate of drug-likeness (QED) is 0.714. The van der Waals surface area contributed by atoms with E-state index in [1.54, 1.807) is 0 Å².